The monoisotopic (exact) mass is 247 g/mol. The molecule has 1 fully saturated rings. The van der Waals surface area contributed by atoms with Crippen molar-refractivity contribution in [1.29, 1.82) is 0 Å². The number of carboxylic acid groups (broad SMARTS) is 1. The molecule has 1 saturated heterocycles. The van der Waals surface area contributed by atoms with Crippen molar-refractivity contribution < 1.29 is 9.90 Å². The van der Waals surface area contributed by atoms with Crippen LogP contribution in [0.4, 0.5) is 0 Å². The van der Waals surface area contributed by atoms with Gasteiger partial charge in [-0.15, -0.1) is 0 Å². The van der Waals surface area contributed by atoms with Crippen LogP contribution in [0.1, 0.15) is 30.9 Å². The third-order valence-electron chi connectivity index (χ3n) is 3.96. The van der Waals surface area contributed by atoms with Crippen LogP contribution in [-0.4, -0.2) is 29.1 Å². The Labute approximate surface area is 108 Å². The van der Waals surface area contributed by atoms with E-state index >= 15 is 0 Å². The molecule has 1 N–H and O–H groups in total. The van der Waals surface area contributed by atoms with E-state index in [0.717, 1.165) is 32.5 Å². The molecule has 0 aliphatic carbocycles. The maximum atomic E-state index is 11.2. The average molecular weight is 247 g/mol. The first-order valence-corrected chi connectivity index (χ1v) is 6.51. The highest BCUT2D eigenvalue weighted by Gasteiger charge is 2.36. The molecule has 0 aromatic heterocycles. The van der Waals surface area contributed by atoms with Gasteiger partial charge in [0.1, 0.15) is 0 Å². The van der Waals surface area contributed by atoms with Gasteiger partial charge in [-0.2, -0.15) is 0 Å². The fourth-order valence-corrected chi connectivity index (χ4v) is 2.49. The minimum atomic E-state index is -0.655. The zero-order valence-corrected chi connectivity index (χ0v) is 11.1. The van der Waals surface area contributed by atoms with Crippen LogP contribution in [0.25, 0.3) is 0 Å². The molecule has 3 nitrogen and oxygen atoms in total. The van der Waals surface area contributed by atoms with Crippen LogP contribution >= 0.6 is 0 Å². The fraction of sp³-hybridized carbons (Fsp3) is 0.533. The molecule has 2 rings (SSSR count). The largest absolute Gasteiger partial charge is 0.481 e. The third-order valence-corrected chi connectivity index (χ3v) is 3.96. The highest BCUT2D eigenvalue weighted by atomic mass is 16.4. The number of benzene rings is 1. The fourth-order valence-electron chi connectivity index (χ4n) is 2.49. The first kappa shape index (κ1) is 13.1. The van der Waals surface area contributed by atoms with Gasteiger partial charge in [0.15, 0.2) is 0 Å². The number of carbonyl (C=O) groups is 1. The summed E-state index contributed by atoms with van der Waals surface area (Å²) in [6.07, 6.45) is 1.49. The number of nitrogens with zero attached hydrogens (tertiary/aromatic N) is 1. The molecule has 0 bridgehead atoms. The first-order valence-electron chi connectivity index (χ1n) is 6.51. The van der Waals surface area contributed by atoms with Gasteiger partial charge in [-0.05, 0) is 45.3 Å². The lowest BCUT2D eigenvalue weighted by Gasteiger charge is -2.36. The predicted molar refractivity (Wildman–Crippen MR) is 71.4 cm³/mol. The highest BCUT2D eigenvalue weighted by molar-refractivity contribution is 5.74. The lowest BCUT2D eigenvalue weighted by molar-refractivity contribution is -0.150. The standard InChI is InChI=1S/C15H21NO2/c1-12-4-3-5-13(10-12)11-16-8-6-15(2,7-9-16)14(17)18/h3-5,10H,6-9,11H2,1-2H3,(H,17,18). The van der Waals surface area contributed by atoms with E-state index in [4.69, 9.17) is 0 Å². The van der Waals surface area contributed by atoms with E-state index in [9.17, 15) is 9.90 Å². The number of likely N-dealkylation sites (tertiary alicyclic amines) is 1. The van der Waals surface area contributed by atoms with Gasteiger partial charge in [0.25, 0.3) is 0 Å². The molecule has 0 amide bonds. The summed E-state index contributed by atoms with van der Waals surface area (Å²) >= 11 is 0. The Morgan fingerprint density at radius 1 is 1.39 bits per heavy atom. The van der Waals surface area contributed by atoms with Gasteiger partial charge in [-0.25, -0.2) is 0 Å². The zero-order valence-electron chi connectivity index (χ0n) is 11.1. The van der Waals surface area contributed by atoms with E-state index in [1.54, 1.807) is 0 Å². The van der Waals surface area contributed by atoms with Crippen molar-refractivity contribution in [1.82, 2.24) is 4.90 Å². The average Bonchev–Trinajstić information content (AvgIpc) is 2.32. The Kier molecular flexibility index (Phi) is 3.71. The summed E-state index contributed by atoms with van der Waals surface area (Å²) in [6, 6.07) is 8.51. The number of hydrogen-bond donors (Lipinski definition) is 1. The van der Waals surface area contributed by atoms with Crippen LogP contribution in [0.15, 0.2) is 24.3 Å². The first-order chi connectivity index (χ1) is 8.49. The number of aryl methyl sites for hydroxylation is 1. The second-order valence-corrected chi connectivity index (χ2v) is 5.63. The van der Waals surface area contributed by atoms with E-state index in [1.165, 1.54) is 11.1 Å². The second kappa shape index (κ2) is 5.11. The Bertz CT molecular complexity index is 434. The lowest BCUT2D eigenvalue weighted by atomic mass is 9.80. The third kappa shape index (κ3) is 2.91. The molecular weight excluding hydrogens is 226 g/mol. The van der Waals surface area contributed by atoms with Crippen molar-refractivity contribution in [2.24, 2.45) is 5.41 Å². The van der Waals surface area contributed by atoms with Crippen molar-refractivity contribution >= 4 is 5.97 Å². The Morgan fingerprint density at radius 3 is 2.61 bits per heavy atom. The van der Waals surface area contributed by atoms with Crippen molar-refractivity contribution in [2.75, 3.05) is 13.1 Å². The van der Waals surface area contributed by atoms with Crippen LogP contribution < -0.4 is 0 Å². The second-order valence-electron chi connectivity index (χ2n) is 5.63. The number of hydrogen-bond acceptors (Lipinski definition) is 2. The van der Waals surface area contributed by atoms with Gasteiger partial charge >= 0.3 is 5.97 Å². The summed E-state index contributed by atoms with van der Waals surface area (Å²) in [5.41, 5.74) is 2.07. The van der Waals surface area contributed by atoms with Crippen molar-refractivity contribution in [2.45, 2.75) is 33.2 Å². The maximum absolute atomic E-state index is 11.2. The highest BCUT2D eigenvalue weighted by Crippen LogP contribution is 2.31. The van der Waals surface area contributed by atoms with Gasteiger partial charge in [-0.3, -0.25) is 9.69 Å². The molecule has 18 heavy (non-hydrogen) atoms. The molecule has 0 unspecified atom stereocenters. The summed E-state index contributed by atoms with van der Waals surface area (Å²) in [5, 5.41) is 9.19. The maximum Gasteiger partial charge on any atom is 0.309 e. The molecule has 0 saturated carbocycles. The molecule has 1 heterocycles. The van der Waals surface area contributed by atoms with Gasteiger partial charge in [0.2, 0.25) is 0 Å². The lowest BCUT2D eigenvalue weighted by Crippen LogP contribution is -2.42. The van der Waals surface area contributed by atoms with E-state index in [0.29, 0.717) is 0 Å². The van der Waals surface area contributed by atoms with Crippen LogP contribution in [0.3, 0.4) is 0 Å². The minimum Gasteiger partial charge on any atom is -0.481 e. The molecule has 0 spiro atoms. The Balaban J connectivity index is 1.93. The Morgan fingerprint density at radius 2 is 2.06 bits per heavy atom. The van der Waals surface area contributed by atoms with Gasteiger partial charge in [0.05, 0.1) is 5.41 Å². The smallest absolute Gasteiger partial charge is 0.309 e. The normalized spacial score (nSPS) is 19.7. The van der Waals surface area contributed by atoms with E-state index in [-0.39, 0.29) is 0 Å². The van der Waals surface area contributed by atoms with E-state index in [1.807, 2.05) is 6.92 Å². The van der Waals surface area contributed by atoms with Crippen molar-refractivity contribution in [3.05, 3.63) is 35.4 Å². The summed E-state index contributed by atoms with van der Waals surface area (Å²) < 4.78 is 0. The zero-order chi connectivity index (χ0) is 13.2. The Hall–Kier alpha value is -1.35. The molecule has 1 aliphatic rings. The van der Waals surface area contributed by atoms with Crippen LogP contribution in [0.2, 0.25) is 0 Å². The number of piperidine rings is 1. The number of aliphatic carboxylic acids is 1. The summed E-state index contributed by atoms with van der Waals surface area (Å²) in [5.74, 6) is -0.655. The van der Waals surface area contributed by atoms with Crippen LogP contribution in [-0.2, 0) is 11.3 Å². The van der Waals surface area contributed by atoms with E-state index < -0.39 is 11.4 Å². The van der Waals surface area contributed by atoms with Gasteiger partial charge < -0.3 is 5.11 Å². The number of rotatable bonds is 3. The topological polar surface area (TPSA) is 40.5 Å². The molecule has 3 heteroatoms. The van der Waals surface area contributed by atoms with Crippen molar-refractivity contribution in [3.8, 4) is 0 Å². The van der Waals surface area contributed by atoms with Gasteiger partial charge in [-0.1, -0.05) is 29.8 Å². The molecule has 1 aromatic rings. The molecule has 1 aromatic carbocycles. The molecule has 0 radical (unpaired) electrons. The van der Waals surface area contributed by atoms with Gasteiger partial charge in [0, 0.05) is 6.54 Å². The molecule has 1 aliphatic heterocycles. The summed E-state index contributed by atoms with van der Waals surface area (Å²) in [7, 11) is 0. The molecule has 98 valence electrons. The quantitative estimate of drug-likeness (QED) is 0.892. The van der Waals surface area contributed by atoms with Crippen LogP contribution in [0, 0.1) is 12.3 Å². The summed E-state index contributed by atoms with van der Waals surface area (Å²) in [4.78, 5) is 13.5. The number of carboxylic acids is 1. The summed E-state index contributed by atoms with van der Waals surface area (Å²) in [6.45, 7) is 6.63. The van der Waals surface area contributed by atoms with Crippen LogP contribution in [0.5, 0.6) is 0 Å². The molecular formula is C15H21NO2. The van der Waals surface area contributed by atoms with E-state index in [2.05, 4.69) is 36.1 Å². The minimum absolute atomic E-state index is 0.525. The van der Waals surface area contributed by atoms with Crippen molar-refractivity contribution in [3.63, 3.8) is 0 Å². The SMILES string of the molecule is Cc1cccc(CN2CCC(C)(C(=O)O)CC2)c1. The predicted octanol–water partition coefficient (Wildman–Crippen LogP) is 2.68. The molecule has 0 atom stereocenters.